The van der Waals surface area contributed by atoms with Gasteiger partial charge in [-0.3, -0.25) is 0 Å². The van der Waals surface area contributed by atoms with E-state index in [9.17, 15) is 5.11 Å². The molecule has 5 nitrogen and oxygen atoms in total. The van der Waals surface area contributed by atoms with E-state index in [4.69, 9.17) is 4.74 Å². The van der Waals surface area contributed by atoms with Crippen LogP contribution in [0.3, 0.4) is 0 Å². The highest BCUT2D eigenvalue weighted by molar-refractivity contribution is 8.01. The molecule has 0 aliphatic heterocycles. The van der Waals surface area contributed by atoms with Crippen LogP contribution in [0.4, 0.5) is 0 Å². The number of hydrogen-bond donors (Lipinski definition) is 2. The van der Waals surface area contributed by atoms with Gasteiger partial charge >= 0.3 is 0 Å². The Morgan fingerprint density at radius 3 is 3.10 bits per heavy atom. The molecule has 110 valence electrons. The summed E-state index contributed by atoms with van der Waals surface area (Å²) < 4.78 is 6.50. The summed E-state index contributed by atoms with van der Waals surface area (Å²) in [7, 11) is 0. The molecule has 3 aromatic rings. The lowest BCUT2D eigenvalue weighted by Gasteiger charge is -2.11. The molecule has 0 fully saturated rings. The van der Waals surface area contributed by atoms with Gasteiger partial charge < -0.3 is 14.8 Å². The topological polar surface area (TPSA) is 71.0 Å². The maximum Gasteiger partial charge on any atom is 0.174 e. The first kappa shape index (κ1) is 14.4. The number of aryl methyl sites for hydroxylation is 1. The van der Waals surface area contributed by atoms with E-state index in [2.05, 4.69) is 15.2 Å². The fraction of sp³-hybridized carbons (Fsp3) is 0.286. The van der Waals surface area contributed by atoms with Crippen molar-refractivity contribution in [1.29, 1.82) is 0 Å². The Balaban J connectivity index is 1.49. The maximum atomic E-state index is 9.95. The zero-order chi connectivity index (χ0) is 14.7. The molecule has 0 radical (unpaired) electrons. The van der Waals surface area contributed by atoms with Gasteiger partial charge in [0.25, 0.3) is 0 Å². The van der Waals surface area contributed by atoms with Crippen LogP contribution in [0.15, 0.2) is 34.8 Å². The van der Waals surface area contributed by atoms with Crippen molar-refractivity contribution in [1.82, 2.24) is 15.2 Å². The number of H-pyrrole nitrogens is 1. The molecule has 0 bridgehead atoms. The largest absolute Gasteiger partial charge is 0.491 e. The summed E-state index contributed by atoms with van der Waals surface area (Å²) in [5.41, 5.74) is 1.03. The van der Waals surface area contributed by atoms with Crippen LogP contribution in [-0.4, -0.2) is 38.8 Å². The zero-order valence-corrected chi connectivity index (χ0v) is 13.1. The van der Waals surface area contributed by atoms with Crippen LogP contribution in [-0.2, 0) is 0 Å². The summed E-state index contributed by atoms with van der Waals surface area (Å²) in [5.74, 6) is 1.29. The van der Waals surface area contributed by atoms with Crippen LogP contribution in [0, 0.1) is 6.92 Å². The Morgan fingerprint density at radius 1 is 1.38 bits per heavy atom. The lowest BCUT2D eigenvalue weighted by atomic mass is 10.2. The predicted octanol–water partition coefficient (Wildman–Crippen LogP) is 2.86. The molecule has 3 rings (SSSR count). The maximum absolute atomic E-state index is 9.95. The van der Waals surface area contributed by atoms with Gasteiger partial charge in [0.1, 0.15) is 17.4 Å². The molecule has 0 amide bonds. The number of fused-ring (bicyclic) bond motifs is 1. The van der Waals surface area contributed by atoms with Gasteiger partial charge in [0, 0.05) is 23.5 Å². The van der Waals surface area contributed by atoms with Crippen molar-refractivity contribution in [3.05, 3.63) is 35.5 Å². The molecule has 2 N–H and O–H groups in total. The number of aromatic amines is 1. The predicted molar refractivity (Wildman–Crippen MR) is 85.2 cm³/mol. The third kappa shape index (κ3) is 3.75. The lowest BCUT2D eigenvalue weighted by molar-refractivity contribution is 0.126. The highest BCUT2D eigenvalue weighted by Gasteiger charge is 2.09. The molecule has 2 aromatic heterocycles. The summed E-state index contributed by atoms with van der Waals surface area (Å²) in [5, 5.41) is 20.0. The van der Waals surface area contributed by atoms with E-state index in [0.29, 0.717) is 5.75 Å². The fourth-order valence-corrected chi connectivity index (χ4v) is 3.61. The van der Waals surface area contributed by atoms with E-state index < -0.39 is 6.10 Å². The standard InChI is InChI=1S/C14H15N3O2S2/c1-9-16-17-14(21-9)20-8-11(18)7-19-12-3-2-10-4-5-15-13(10)6-12/h2-6,11,15,18H,7-8H2,1H3. The van der Waals surface area contributed by atoms with Gasteiger partial charge in [-0.1, -0.05) is 23.1 Å². The molecule has 0 aliphatic rings. The van der Waals surface area contributed by atoms with Gasteiger partial charge in [-0.25, -0.2) is 0 Å². The highest BCUT2D eigenvalue weighted by Crippen LogP contribution is 2.23. The molecule has 0 spiro atoms. The summed E-state index contributed by atoms with van der Waals surface area (Å²) in [6, 6.07) is 7.84. The second kappa shape index (κ2) is 6.46. The van der Waals surface area contributed by atoms with Crippen LogP contribution in [0.5, 0.6) is 5.75 Å². The second-order valence-corrected chi connectivity index (χ2v) is 7.04. The Morgan fingerprint density at radius 2 is 2.29 bits per heavy atom. The number of aromatic nitrogens is 3. The first-order valence-electron chi connectivity index (χ1n) is 6.51. The SMILES string of the molecule is Cc1nnc(SCC(O)COc2ccc3cc[nH]c3c2)s1. The summed E-state index contributed by atoms with van der Waals surface area (Å²) in [6.07, 6.45) is 1.35. The number of nitrogens with zero attached hydrogens (tertiary/aromatic N) is 2. The first-order valence-corrected chi connectivity index (χ1v) is 8.32. The van der Waals surface area contributed by atoms with Gasteiger partial charge in [-0.05, 0) is 30.5 Å². The molecule has 1 unspecified atom stereocenters. The molecule has 21 heavy (non-hydrogen) atoms. The summed E-state index contributed by atoms with van der Waals surface area (Å²) >= 11 is 3.03. The second-order valence-electron chi connectivity index (χ2n) is 4.59. The van der Waals surface area contributed by atoms with Crippen molar-refractivity contribution in [2.75, 3.05) is 12.4 Å². The molecule has 0 aliphatic carbocycles. The Labute approximate surface area is 130 Å². The van der Waals surface area contributed by atoms with Gasteiger partial charge in [0.2, 0.25) is 0 Å². The number of ether oxygens (including phenoxy) is 1. The Kier molecular flexibility index (Phi) is 4.42. The van der Waals surface area contributed by atoms with Crippen LogP contribution in [0.25, 0.3) is 10.9 Å². The number of rotatable bonds is 6. The number of thioether (sulfide) groups is 1. The first-order chi connectivity index (χ1) is 10.2. The minimum Gasteiger partial charge on any atom is -0.491 e. The van der Waals surface area contributed by atoms with Crippen molar-refractivity contribution < 1.29 is 9.84 Å². The highest BCUT2D eigenvalue weighted by atomic mass is 32.2. The van der Waals surface area contributed by atoms with Crippen molar-refractivity contribution in [3.8, 4) is 5.75 Å². The number of aliphatic hydroxyl groups is 1. The average molecular weight is 321 g/mol. The van der Waals surface area contributed by atoms with E-state index in [1.54, 1.807) is 0 Å². The van der Waals surface area contributed by atoms with E-state index >= 15 is 0 Å². The van der Waals surface area contributed by atoms with Crippen LogP contribution >= 0.6 is 23.1 Å². The molecule has 0 saturated heterocycles. The Hall–Kier alpha value is -1.57. The average Bonchev–Trinajstić information content (AvgIpc) is 3.10. The van der Waals surface area contributed by atoms with E-state index in [1.807, 2.05) is 37.4 Å². The number of hydrogen-bond acceptors (Lipinski definition) is 6. The van der Waals surface area contributed by atoms with E-state index in [1.165, 1.54) is 23.1 Å². The summed E-state index contributed by atoms with van der Waals surface area (Å²) in [6.45, 7) is 2.18. The summed E-state index contributed by atoms with van der Waals surface area (Å²) in [4.78, 5) is 3.14. The van der Waals surface area contributed by atoms with Gasteiger partial charge in [-0.2, -0.15) is 0 Å². The van der Waals surface area contributed by atoms with E-state index in [-0.39, 0.29) is 6.61 Å². The van der Waals surface area contributed by atoms with Crippen molar-refractivity contribution in [3.63, 3.8) is 0 Å². The van der Waals surface area contributed by atoms with Crippen LogP contribution in [0.2, 0.25) is 0 Å². The fourth-order valence-electron chi connectivity index (χ4n) is 1.86. The third-order valence-electron chi connectivity index (χ3n) is 2.88. The van der Waals surface area contributed by atoms with E-state index in [0.717, 1.165) is 26.0 Å². The smallest absolute Gasteiger partial charge is 0.174 e. The number of nitrogens with one attached hydrogen (secondary N) is 1. The van der Waals surface area contributed by atoms with Crippen molar-refractivity contribution in [2.45, 2.75) is 17.4 Å². The minimum absolute atomic E-state index is 0.261. The van der Waals surface area contributed by atoms with Crippen LogP contribution in [0.1, 0.15) is 5.01 Å². The molecule has 2 heterocycles. The number of aliphatic hydroxyl groups excluding tert-OH is 1. The molecule has 7 heteroatoms. The third-order valence-corrected chi connectivity index (χ3v) is 4.99. The van der Waals surface area contributed by atoms with Crippen LogP contribution < -0.4 is 4.74 Å². The van der Waals surface area contributed by atoms with Crippen molar-refractivity contribution >= 4 is 34.0 Å². The molecule has 1 aromatic carbocycles. The van der Waals surface area contributed by atoms with Gasteiger partial charge in [-0.15, -0.1) is 10.2 Å². The molecular weight excluding hydrogens is 306 g/mol. The molecule has 0 saturated carbocycles. The molecule has 1 atom stereocenters. The van der Waals surface area contributed by atoms with Gasteiger partial charge in [0.15, 0.2) is 4.34 Å². The number of benzene rings is 1. The normalized spacial score (nSPS) is 12.7. The van der Waals surface area contributed by atoms with Crippen molar-refractivity contribution in [2.24, 2.45) is 0 Å². The lowest BCUT2D eigenvalue weighted by Crippen LogP contribution is -2.20. The minimum atomic E-state index is -0.543. The van der Waals surface area contributed by atoms with Gasteiger partial charge in [0.05, 0.1) is 6.10 Å². The zero-order valence-electron chi connectivity index (χ0n) is 11.4. The Bertz CT molecular complexity index is 726. The molecular formula is C14H15N3O2S2. The quantitative estimate of drug-likeness (QED) is 0.683. The monoisotopic (exact) mass is 321 g/mol.